The zero-order chi connectivity index (χ0) is 13.8. The fourth-order valence-electron chi connectivity index (χ4n) is 1.60. The summed E-state index contributed by atoms with van der Waals surface area (Å²) in [6.07, 6.45) is 1.36. The van der Waals surface area contributed by atoms with Gasteiger partial charge in [-0.25, -0.2) is 4.98 Å². The Balaban J connectivity index is 2.07. The molecule has 1 amide bonds. The van der Waals surface area contributed by atoms with Gasteiger partial charge in [0.1, 0.15) is 5.15 Å². The maximum atomic E-state index is 12.0. The van der Waals surface area contributed by atoms with E-state index in [9.17, 15) is 4.79 Å². The minimum absolute atomic E-state index is 0.230. The Morgan fingerprint density at radius 2 is 2.26 bits per heavy atom. The Kier molecular flexibility index (Phi) is 3.97. The van der Waals surface area contributed by atoms with E-state index in [-0.39, 0.29) is 11.1 Å². The first-order valence-corrected chi connectivity index (χ1v) is 6.06. The fourth-order valence-corrected chi connectivity index (χ4v) is 1.76. The van der Waals surface area contributed by atoms with Crippen molar-refractivity contribution < 1.29 is 4.79 Å². The first kappa shape index (κ1) is 13.3. The van der Waals surface area contributed by atoms with Gasteiger partial charge in [0.15, 0.2) is 0 Å². The number of hydrogen-bond donors (Lipinski definition) is 2. The standard InChI is InChI=1S/C13H13ClN4O/c1-8-3-2-4-9(18-8)6-17-13(19)10-5-12(14)16-7-11(10)15/h2-5,7H,6,15H2,1H3,(H,17,19). The Bertz CT molecular complexity index is 615. The van der Waals surface area contributed by atoms with E-state index in [1.807, 2.05) is 25.1 Å². The summed E-state index contributed by atoms with van der Waals surface area (Å²) >= 11 is 5.74. The Morgan fingerprint density at radius 3 is 3.00 bits per heavy atom. The van der Waals surface area contributed by atoms with Crippen LogP contribution in [-0.4, -0.2) is 15.9 Å². The predicted octanol–water partition coefficient (Wildman–Crippen LogP) is 1.95. The molecule has 3 N–H and O–H groups in total. The van der Waals surface area contributed by atoms with E-state index < -0.39 is 0 Å². The molecule has 2 rings (SSSR count). The summed E-state index contributed by atoms with van der Waals surface area (Å²) in [5.41, 5.74) is 7.97. The minimum atomic E-state index is -0.301. The number of hydrogen-bond acceptors (Lipinski definition) is 4. The molecule has 0 spiro atoms. The van der Waals surface area contributed by atoms with E-state index in [2.05, 4.69) is 15.3 Å². The number of nitrogens with one attached hydrogen (secondary N) is 1. The Morgan fingerprint density at radius 1 is 1.47 bits per heavy atom. The number of aromatic nitrogens is 2. The largest absolute Gasteiger partial charge is 0.397 e. The lowest BCUT2D eigenvalue weighted by Gasteiger charge is -2.07. The van der Waals surface area contributed by atoms with Gasteiger partial charge in [-0.3, -0.25) is 9.78 Å². The molecule has 0 aromatic carbocycles. The van der Waals surface area contributed by atoms with E-state index in [1.165, 1.54) is 12.3 Å². The summed E-state index contributed by atoms with van der Waals surface area (Å²) in [5.74, 6) is -0.301. The smallest absolute Gasteiger partial charge is 0.253 e. The van der Waals surface area contributed by atoms with Gasteiger partial charge in [-0.1, -0.05) is 17.7 Å². The number of nitrogens with two attached hydrogens (primary N) is 1. The van der Waals surface area contributed by atoms with Gasteiger partial charge in [0.05, 0.1) is 29.7 Å². The number of carbonyl (C=O) groups is 1. The second kappa shape index (κ2) is 5.67. The molecule has 0 saturated heterocycles. The third-order valence-electron chi connectivity index (χ3n) is 2.52. The molecule has 2 heterocycles. The Labute approximate surface area is 115 Å². The molecule has 0 bridgehead atoms. The third kappa shape index (κ3) is 3.42. The van der Waals surface area contributed by atoms with Gasteiger partial charge >= 0.3 is 0 Å². The molecular formula is C13H13ClN4O. The monoisotopic (exact) mass is 276 g/mol. The lowest BCUT2D eigenvalue weighted by atomic mass is 10.2. The second-order valence-electron chi connectivity index (χ2n) is 4.05. The van der Waals surface area contributed by atoms with Gasteiger partial charge in [0.2, 0.25) is 0 Å². The Hall–Kier alpha value is -2.14. The van der Waals surface area contributed by atoms with Crippen molar-refractivity contribution in [3.8, 4) is 0 Å². The molecule has 0 unspecified atom stereocenters. The van der Waals surface area contributed by atoms with Crippen molar-refractivity contribution in [3.63, 3.8) is 0 Å². The highest BCUT2D eigenvalue weighted by molar-refractivity contribution is 6.29. The normalized spacial score (nSPS) is 10.2. The van der Waals surface area contributed by atoms with Crippen LogP contribution in [-0.2, 0) is 6.54 Å². The predicted molar refractivity (Wildman–Crippen MR) is 73.8 cm³/mol. The molecular weight excluding hydrogens is 264 g/mol. The quantitative estimate of drug-likeness (QED) is 0.840. The lowest BCUT2D eigenvalue weighted by Crippen LogP contribution is -2.24. The van der Waals surface area contributed by atoms with E-state index in [1.54, 1.807) is 0 Å². The van der Waals surface area contributed by atoms with Crippen molar-refractivity contribution in [2.24, 2.45) is 0 Å². The van der Waals surface area contributed by atoms with E-state index in [0.717, 1.165) is 11.4 Å². The van der Waals surface area contributed by atoms with Crippen molar-refractivity contribution in [1.29, 1.82) is 0 Å². The number of nitrogens with zero attached hydrogens (tertiary/aromatic N) is 2. The zero-order valence-corrected chi connectivity index (χ0v) is 11.1. The van der Waals surface area contributed by atoms with Crippen molar-refractivity contribution in [2.75, 3.05) is 5.73 Å². The molecule has 98 valence electrons. The van der Waals surface area contributed by atoms with Crippen LogP contribution in [0.15, 0.2) is 30.5 Å². The first-order valence-electron chi connectivity index (χ1n) is 5.68. The van der Waals surface area contributed by atoms with Crippen LogP contribution in [0.25, 0.3) is 0 Å². The minimum Gasteiger partial charge on any atom is -0.397 e. The van der Waals surface area contributed by atoms with Gasteiger partial charge in [-0.2, -0.15) is 0 Å². The molecule has 0 saturated carbocycles. The average molecular weight is 277 g/mol. The molecule has 19 heavy (non-hydrogen) atoms. The highest BCUT2D eigenvalue weighted by Crippen LogP contribution is 2.14. The van der Waals surface area contributed by atoms with Crippen LogP contribution < -0.4 is 11.1 Å². The average Bonchev–Trinajstić information content (AvgIpc) is 2.39. The number of amides is 1. The molecule has 0 aliphatic rings. The number of carbonyl (C=O) groups excluding carboxylic acids is 1. The highest BCUT2D eigenvalue weighted by atomic mass is 35.5. The van der Waals surface area contributed by atoms with Gasteiger partial charge in [0, 0.05) is 5.69 Å². The van der Waals surface area contributed by atoms with Crippen molar-refractivity contribution in [2.45, 2.75) is 13.5 Å². The molecule has 2 aromatic rings. The van der Waals surface area contributed by atoms with Crippen LogP contribution in [0.2, 0.25) is 5.15 Å². The summed E-state index contributed by atoms with van der Waals surface area (Å²) in [7, 11) is 0. The zero-order valence-electron chi connectivity index (χ0n) is 10.4. The summed E-state index contributed by atoms with van der Waals surface area (Å²) in [4.78, 5) is 20.1. The van der Waals surface area contributed by atoms with Crippen LogP contribution in [0.3, 0.4) is 0 Å². The van der Waals surface area contributed by atoms with E-state index in [4.69, 9.17) is 17.3 Å². The number of pyridine rings is 2. The van der Waals surface area contributed by atoms with Gasteiger partial charge in [-0.15, -0.1) is 0 Å². The van der Waals surface area contributed by atoms with Gasteiger partial charge < -0.3 is 11.1 Å². The van der Waals surface area contributed by atoms with Crippen LogP contribution >= 0.6 is 11.6 Å². The lowest BCUT2D eigenvalue weighted by molar-refractivity contribution is 0.0951. The number of rotatable bonds is 3. The van der Waals surface area contributed by atoms with Crippen molar-refractivity contribution in [1.82, 2.24) is 15.3 Å². The van der Waals surface area contributed by atoms with Crippen LogP contribution in [0.4, 0.5) is 5.69 Å². The molecule has 0 aliphatic carbocycles. The maximum absolute atomic E-state index is 12.0. The van der Waals surface area contributed by atoms with Gasteiger partial charge in [0.25, 0.3) is 5.91 Å². The summed E-state index contributed by atoms with van der Waals surface area (Å²) in [5, 5.41) is 2.97. The summed E-state index contributed by atoms with van der Waals surface area (Å²) in [6, 6.07) is 7.07. The number of aryl methyl sites for hydroxylation is 1. The first-order chi connectivity index (χ1) is 9.06. The van der Waals surface area contributed by atoms with E-state index in [0.29, 0.717) is 17.8 Å². The topological polar surface area (TPSA) is 80.9 Å². The summed E-state index contributed by atoms with van der Waals surface area (Å²) in [6.45, 7) is 2.23. The molecule has 6 heteroatoms. The molecule has 0 aliphatic heterocycles. The van der Waals surface area contributed by atoms with Crippen LogP contribution in [0.5, 0.6) is 0 Å². The van der Waals surface area contributed by atoms with Crippen molar-refractivity contribution >= 4 is 23.2 Å². The molecule has 0 fully saturated rings. The number of halogens is 1. The van der Waals surface area contributed by atoms with E-state index >= 15 is 0 Å². The van der Waals surface area contributed by atoms with Crippen molar-refractivity contribution in [3.05, 3.63) is 52.6 Å². The molecule has 0 radical (unpaired) electrons. The van der Waals surface area contributed by atoms with Gasteiger partial charge in [-0.05, 0) is 25.1 Å². The molecule has 2 aromatic heterocycles. The van der Waals surface area contributed by atoms with Crippen LogP contribution in [0.1, 0.15) is 21.7 Å². The highest BCUT2D eigenvalue weighted by Gasteiger charge is 2.10. The third-order valence-corrected chi connectivity index (χ3v) is 2.73. The van der Waals surface area contributed by atoms with Crippen LogP contribution in [0, 0.1) is 6.92 Å². The fraction of sp³-hybridized carbons (Fsp3) is 0.154. The molecule has 5 nitrogen and oxygen atoms in total. The summed E-state index contributed by atoms with van der Waals surface area (Å²) < 4.78 is 0. The second-order valence-corrected chi connectivity index (χ2v) is 4.43. The number of nitrogen functional groups attached to an aromatic ring is 1. The molecule has 0 atom stereocenters. The number of anilines is 1. The SMILES string of the molecule is Cc1cccc(CNC(=O)c2cc(Cl)ncc2N)n1. The maximum Gasteiger partial charge on any atom is 0.253 e.